The number of aromatic nitrogens is 2. The third-order valence-corrected chi connectivity index (χ3v) is 2.46. The van der Waals surface area contributed by atoms with Crippen molar-refractivity contribution in [1.29, 1.82) is 0 Å². The summed E-state index contributed by atoms with van der Waals surface area (Å²) in [4.78, 5) is 12.1. The van der Waals surface area contributed by atoms with Crippen LogP contribution >= 0.6 is 0 Å². The fourth-order valence-electron chi connectivity index (χ4n) is 1.53. The van der Waals surface area contributed by atoms with Crippen LogP contribution in [0.2, 0.25) is 0 Å². The number of benzene rings is 1. The molecule has 0 bridgehead atoms. The highest BCUT2D eigenvalue weighted by molar-refractivity contribution is 5.98. The van der Waals surface area contributed by atoms with E-state index < -0.39 is 0 Å². The molecule has 1 unspecified atom stereocenters. The van der Waals surface area contributed by atoms with Gasteiger partial charge in [-0.25, -0.2) is 0 Å². The lowest BCUT2D eigenvalue weighted by atomic mass is 10.1. The summed E-state index contributed by atoms with van der Waals surface area (Å²) in [5, 5.41) is 4.03. The van der Waals surface area contributed by atoms with Gasteiger partial charge in [-0.1, -0.05) is 30.3 Å². The average Bonchev–Trinajstić information content (AvgIpc) is 2.75. The molecule has 0 saturated carbocycles. The number of nitrogen functional groups attached to an aromatic ring is 1. The molecule has 0 aliphatic rings. The molecule has 2 rings (SSSR count). The molecule has 4 heteroatoms. The number of rotatable bonds is 3. The largest absolute Gasteiger partial charge is 0.396 e. The molecule has 2 aromatic rings. The van der Waals surface area contributed by atoms with E-state index in [0.29, 0.717) is 11.3 Å². The van der Waals surface area contributed by atoms with Crippen molar-refractivity contribution in [2.75, 3.05) is 5.73 Å². The van der Waals surface area contributed by atoms with Crippen LogP contribution in [0.15, 0.2) is 42.7 Å². The lowest BCUT2D eigenvalue weighted by Crippen LogP contribution is -2.17. The van der Waals surface area contributed by atoms with Crippen LogP contribution in [-0.4, -0.2) is 15.6 Å². The Kier molecular flexibility index (Phi) is 2.72. The maximum atomic E-state index is 12.1. The van der Waals surface area contributed by atoms with Crippen molar-refractivity contribution in [3.05, 3.63) is 48.3 Å². The second-order valence-electron chi connectivity index (χ2n) is 3.66. The van der Waals surface area contributed by atoms with Crippen molar-refractivity contribution < 1.29 is 4.79 Å². The minimum atomic E-state index is -0.334. The zero-order valence-electron chi connectivity index (χ0n) is 9.00. The topological polar surface area (TPSA) is 60.9 Å². The number of Topliss-reactive ketones (excluding diaryl/α,β-unsaturated/α-hetero) is 1. The fraction of sp³-hybridized carbons (Fsp3) is 0.167. The lowest BCUT2D eigenvalue weighted by Gasteiger charge is -2.10. The van der Waals surface area contributed by atoms with Crippen LogP contribution in [0.3, 0.4) is 0 Å². The Balaban J connectivity index is 2.23. The molecule has 1 heterocycles. The number of carbonyl (C=O) groups is 1. The number of nitrogens with two attached hydrogens (primary N) is 1. The number of carbonyl (C=O) groups excluding carboxylic acids is 1. The third kappa shape index (κ3) is 1.95. The lowest BCUT2D eigenvalue weighted by molar-refractivity contribution is 0.0928. The maximum Gasteiger partial charge on any atom is 0.187 e. The predicted octanol–water partition coefficient (Wildman–Crippen LogP) is 1.91. The Bertz CT molecular complexity index is 490. The summed E-state index contributed by atoms with van der Waals surface area (Å²) >= 11 is 0. The van der Waals surface area contributed by atoms with Crippen molar-refractivity contribution in [3.63, 3.8) is 0 Å². The van der Waals surface area contributed by atoms with Crippen molar-refractivity contribution in [1.82, 2.24) is 9.78 Å². The highest BCUT2D eigenvalue weighted by Crippen LogP contribution is 2.14. The summed E-state index contributed by atoms with van der Waals surface area (Å²) in [6, 6.07) is 8.83. The summed E-state index contributed by atoms with van der Waals surface area (Å²) in [6.07, 6.45) is 3.19. The molecule has 0 amide bonds. The van der Waals surface area contributed by atoms with Gasteiger partial charge in [-0.15, -0.1) is 0 Å². The molecule has 0 aliphatic heterocycles. The van der Waals surface area contributed by atoms with Crippen molar-refractivity contribution in [2.45, 2.75) is 13.0 Å². The quantitative estimate of drug-likeness (QED) is 0.795. The minimum Gasteiger partial charge on any atom is -0.396 e. The smallest absolute Gasteiger partial charge is 0.187 e. The third-order valence-electron chi connectivity index (χ3n) is 2.46. The highest BCUT2D eigenvalue weighted by Gasteiger charge is 2.16. The molecule has 0 aliphatic carbocycles. The van der Waals surface area contributed by atoms with Crippen molar-refractivity contribution in [3.8, 4) is 0 Å². The van der Waals surface area contributed by atoms with Crippen LogP contribution < -0.4 is 5.73 Å². The SMILES string of the molecule is CC(C(=O)c1ccccc1)n1cc(N)cn1. The molecule has 0 saturated heterocycles. The number of anilines is 1. The molecular formula is C12H13N3O. The summed E-state index contributed by atoms with van der Waals surface area (Å²) in [6.45, 7) is 1.81. The number of ketones is 1. The van der Waals surface area contributed by atoms with Gasteiger partial charge in [0.15, 0.2) is 5.78 Å². The summed E-state index contributed by atoms with van der Waals surface area (Å²) in [5.41, 5.74) is 6.81. The standard InChI is InChI=1S/C12H13N3O/c1-9(15-8-11(13)7-14-15)12(16)10-5-3-2-4-6-10/h2-9H,13H2,1H3. The predicted molar refractivity (Wildman–Crippen MR) is 62.1 cm³/mol. The first-order valence-corrected chi connectivity index (χ1v) is 5.07. The monoisotopic (exact) mass is 215 g/mol. The number of hydrogen-bond acceptors (Lipinski definition) is 3. The van der Waals surface area contributed by atoms with E-state index >= 15 is 0 Å². The summed E-state index contributed by atoms with van der Waals surface area (Å²) in [7, 11) is 0. The van der Waals surface area contributed by atoms with E-state index in [-0.39, 0.29) is 11.8 Å². The molecule has 0 radical (unpaired) electrons. The Morgan fingerprint density at radius 1 is 1.38 bits per heavy atom. The van der Waals surface area contributed by atoms with Crippen LogP contribution in [0.25, 0.3) is 0 Å². The van der Waals surface area contributed by atoms with E-state index in [2.05, 4.69) is 5.10 Å². The molecule has 2 N–H and O–H groups in total. The highest BCUT2D eigenvalue weighted by atomic mass is 16.1. The Hall–Kier alpha value is -2.10. The molecule has 1 atom stereocenters. The molecule has 1 aromatic heterocycles. The van der Waals surface area contributed by atoms with Crippen molar-refractivity contribution >= 4 is 11.5 Å². The van der Waals surface area contributed by atoms with Gasteiger partial charge in [0.1, 0.15) is 6.04 Å². The van der Waals surface area contributed by atoms with E-state index in [1.54, 1.807) is 23.0 Å². The fourth-order valence-corrected chi connectivity index (χ4v) is 1.53. The first kappa shape index (κ1) is 10.4. The van der Waals surface area contributed by atoms with E-state index in [0.717, 1.165) is 0 Å². The number of hydrogen-bond donors (Lipinski definition) is 1. The average molecular weight is 215 g/mol. The first-order valence-electron chi connectivity index (χ1n) is 5.07. The van der Waals surface area contributed by atoms with Gasteiger partial charge in [0, 0.05) is 11.8 Å². The van der Waals surface area contributed by atoms with Gasteiger partial charge in [0.2, 0.25) is 0 Å². The molecule has 16 heavy (non-hydrogen) atoms. The van der Waals surface area contributed by atoms with Crippen LogP contribution in [0.1, 0.15) is 23.3 Å². The van der Waals surface area contributed by atoms with E-state index in [4.69, 9.17) is 5.73 Å². The van der Waals surface area contributed by atoms with Crippen LogP contribution in [0, 0.1) is 0 Å². The van der Waals surface area contributed by atoms with Crippen LogP contribution in [0.5, 0.6) is 0 Å². The summed E-state index contributed by atoms with van der Waals surface area (Å²) in [5.74, 6) is 0.0312. The molecule has 4 nitrogen and oxygen atoms in total. The van der Waals surface area contributed by atoms with Crippen LogP contribution in [0.4, 0.5) is 5.69 Å². The normalized spacial score (nSPS) is 12.3. The second-order valence-corrected chi connectivity index (χ2v) is 3.66. The molecule has 1 aromatic carbocycles. The van der Waals surface area contributed by atoms with Gasteiger partial charge < -0.3 is 5.73 Å². The maximum absolute atomic E-state index is 12.1. The Morgan fingerprint density at radius 2 is 2.06 bits per heavy atom. The van der Waals surface area contributed by atoms with E-state index in [1.165, 1.54) is 6.20 Å². The first-order chi connectivity index (χ1) is 7.68. The van der Waals surface area contributed by atoms with Gasteiger partial charge in [-0.05, 0) is 6.92 Å². The van der Waals surface area contributed by atoms with E-state index in [9.17, 15) is 4.79 Å². The van der Waals surface area contributed by atoms with Crippen molar-refractivity contribution in [2.24, 2.45) is 0 Å². The summed E-state index contributed by atoms with van der Waals surface area (Å²) < 4.78 is 1.57. The number of nitrogens with zero attached hydrogens (tertiary/aromatic N) is 2. The van der Waals surface area contributed by atoms with Gasteiger partial charge in [-0.3, -0.25) is 9.48 Å². The van der Waals surface area contributed by atoms with Gasteiger partial charge in [0.25, 0.3) is 0 Å². The Labute approximate surface area is 93.7 Å². The van der Waals surface area contributed by atoms with E-state index in [1.807, 2.05) is 25.1 Å². The second kappa shape index (κ2) is 4.18. The van der Waals surface area contributed by atoms with Gasteiger partial charge in [0.05, 0.1) is 11.9 Å². The van der Waals surface area contributed by atoms with Gasteiger partial charge >= 0.3 is 0 Å². The molecule has 0 spiro atoms. The molecule has 0 fully saturated rings. The zero-order chi connectivity index (χ0) is 11.5. The molecule has 82 valence electrons. The minimum absolute atomic E-state index is 0.0312. The zero-order valence-corrected chi connectivity index (χ0v) is 9.00. The molecular weight excluding hydrogens is 202 g/mol. The van der Waals surface area contributed by atoms with Crippen LogP contribution in [-0.2, 0) is 0 Å². The Morgan fingerprint density at radius 3 is 2.62 bits per heavy atom. The van der Waals surface area contributed by atoms with Gasteiger partial charge in [-0.2, -0.15) is 5.10 Å².